The number of sulfonamides is 1. The molecule has 116 valence electrons. The summed E-state index contributed by atoms with van der Waals surface area (Å²) in [4.78, 5) is 9.70. The lowest BCUT2D eigenvalue weighted by atomic mass is 10.1. The number of nitro groups is 1. The van der Waals surface area contributed by atoms with E-state index in [1.54, 1.807) is 0 Å². The molecule has 0 bridgehead atoms. The number of nitro benzene ring substituents is 1. The first-order chi connectivity index (χ1) is 9.73. The summed E-state index contributed by atoms with van der Waals surface area (Å²) < 4.78 is 39.8. The quantitative estimate of drug-likeness (QED) is 0.665. The van der Waals surface area contributed by atoms with Crippen LogP contribution in [0.5, 0.6) is 0 Å². The highest BCUT2D eigenvalue weighted by molar-refractivity contribution is 7.89. The van der Waals surface area contributed by atoms with Gasteiger partial charge in [-0.1, -0.05) is 0 Å². The minimum absolute atomic E-state index is 0.0551. The maximum Gasteiger partial charge on any atom is 0.276 e. The van der Waals surface area contributed by atoms with Gasteiger partial charge in [0.15, 0.2) is 0 Å². The Morgan fingerprint density at radius 3 is 2.48 bits per heavy atom. The summed E-state index contributed by atoms with van der Waals surface area (Å²) in [5.74, 6) is -0.906. The maximum atomic E-state index is 13.8. The zero-order valence-electron chi connectivity index (χ0n) is 11.5. The van der Waals surface area contributed by atoms with E-state index in [2.05, 4.69) is 0 Å². The van der Waals surface area contributed by atoms with E-state index in [0.717, 1.165) is 12.1 Å². The molecule has 2 N–H and O–H groups in total. The molecule has 2 rings (SSSR count). The SMILES string of the molecule is Cc1c(F)cc(S(=O)(=O)N2CCC(N)CC2)cc1[N+](=O)[O-]. The van der Waals surface area contributed by atoms with Crippen molar-refractivity contribution in [1.82, 2.24) is 4.31 Å². The van der Waals surface area contributed by atoms with E-state index in [9.17, 15) is 22.9 Å². The van der Waals surface area contributed by atoms with Gasteiger partial charge in [0.25, 0.3) is 5.69 Å². The van der Waals surface area contributed by atoms with Crippen LogP contribution in [-0.2, 0) is 10.0 Å². The first kappa shape index (κ1) is 15.8. The molecule has 1 aliphatic heterocycles. The molecule has 1 fully saturated rings. The Bertz CT molecular complexity index is 669. The molecule has 7 nitrogen and oxygen atoms in total. The first-order valence-corrected chi connectivity index (χ1v) is 7.87. The predicted octanol–water partition coefficient (Wildman–Crippen LogP) is 1.15. The number of nitrogens with two attached hydrogens (primary N) is 1. The highest BCUT2D eigenvalue weighted by atomic mass is 32.2. The van der Waals surface area contributed by atoms with Gasteiger partial charge in [0.2, 0.25) is 10.0 Å². The van der Waals surface area contributed by atoms with Crippen LogP contribution >= 0.6 is 0 Å². The normalized spacial score (nSPS) is 17.9. The van der Waals surface area contributed by atoms with Gasteiger partial charge < -0.3 is 5.73 Å². The van der Waals surface area contributed by atoms with Gasteiger partial charge >= 0.3 is 0 Å². The average Bonchev–Trinajstić information content (AvgIpc) is 2.41. The minimum Gasteiger partial charge on any atom is -0.328 e. The van der Waals surface area contributed by atoms with Gasteiger partial charge in [0.05, 0.1) is 15.4 Å². The topological polar surface area (TPSA) is 107 Å². The molecule has 1 aromatic rings. The largest absolute Gasteiger partial charge is 0.328 e. The van der Waals surface area contributed by atoms with Crippen LogP contribution in [-0.4, -0.2) is 36.8 Å². The Hall–Kier alpha value is -1.58. The summed E-state index contributed by atoms with van der Waals surface area (Å²) in [7, 11) is -3.95. The van der Waals surface area contributed by atoms with Crippen LogP contribution < -0.4 is 5.73 Å². The summed E-state index contributed by atoms with van der Waals surface area (Å²) in [5, 5.41) is 10.9. The Balaban J connectivity index is 2.43. The van der Waals surface area contributed by atoms with E-state index in [1.807, 2.05) is 0 Å². The molecular weight excluding hydrogens is 301 g/mol. The van der Waals surface area contributed by atoms with Crippen LogP contribution in [0.4, 0.5) is 10.1 Å². The van der Waals surface area contributed by atoms with Crippen LogP contribution in [0.15, 0.2) is 17.0 Å². The Labute approximate surface area is 121 Å². The molecule has 1 heterocycles. The summed E-state index contributed by atoms with van der Waals surface area (Å²) in [6, 6.07) is 1.68. The molecule has 1 aliphatic rings. The van der Waals surface area contributed by atoms with Crippen molar-refractivity contribution in [2.24, 2.45) is 5.73 Å². The second-order valence-corrected chi connectivity index (χ2v) is 6.99. The first-order valence-electron chi connectivity index (χ1n) is 6.43. The molecule has 0 unspecified atom stereocenters. The Morgan fingerprint density at radius 2 is 1.95 bits per heavy atom. The number of rotatable bonds is 3. The fourth-order valence-electron chi connectivity index (χ4n) is 2.24. The molecule has 0 amide bonds. The summed E-state index contributed by atoms with van der Waals surface area (Å²) in [5.41, 5.74) is 5.00. The van der Waals surface area contributed by atoms with Gasteiger partial charge in [-0.05, 0) is 25.8 Å². The zero-order chi connectivity index (χ0) is 15.8. The van der Waals surface area contributed by atoms with Crippen molar-refractivity contribution < 1.29 is 17.7 Å². The van der Waals surface area contributed by atoms with E-state index >= 15 is 0 Å². The lowest BCUT2D eigenvalue weighted by Crippen LogP contribution is -2.42. The lowest BCUT2D eigenvalue weighted by Gasteiger charge is -2.29. The molecule has 21 heavy (non-hydrogen) atoms. The van der Waals surface area contributed by atoms with Crippen molar-refractivity contribution in [3.05, 3.63) is 33.6 Å². The van der Waals surface area contributed by atoms with Crippen molar-refractivity contribution in [1.29, 1.82) is 0 Å². The maximum absolute atomic E-state index is 13.8. The van der Waals surface area contributed by atoms with Crippen LogP contribution in [0.3, 0.4) is 0 Å². The van der Waals surface area contributed by atoms with E-state index < -0.39 is 31.3 Å². The molecule has 0 saturated carbocycles. The van der Waals surface area contributed by atoms with Gasteiger partial charge in [-0.15, -0.1) is 0 Å². The summed E-state index contributed by atoms with van der Waals surface area (Å²) >= 11 is 0. The van der Waals surface area contributed by atoms with Gasteiger partial charge in [0, 0.05) is 25.2 Å². The third kappa shape index (κ3) is 3.04. The molecule has 0 aliphatic carbocycles. The fourth-order valence-corrected chi connectivity index (χ4v) is 3.75. The monoisotopic (exact) mass is 317 g/mol. The Kier molecular flexibility index (Phi) is 4.26. The highest BCUT2D eigenvalue weighted by Gasteiger charge is 2.31. The number of halogens is 1. The standard InChI is InChI=1S/C12H16FN3O4S/c1-8-11(13)6-10(7-12(8)16(17)18)21(19,20)15-4-2-9(14)3-5-15/h6-7,9H,2-5,14H2,1H3. The fraction of sp³-hybridized carbons (Fsp3) is 0.500. The highest BCUT2D eigenvalue weighted by Crippen LogP contribution is 2.28. The second-order valence-electron chi connectivity index (χ2n) is 5.05. The van der Waals surface area contributed by atoms with Crippen LogP contribution in [0.25, 0.3) is 0 Å². The molecule has 9 heteroatoms. The third-order valence-electron chi connectivity index (χ3n) is 3.62. The number of benzene rings is 1. The number of nitrogens with zero attached hydrogens (tertiary/aromatic N) is 2. The molecule has 0 radical (unpaired) electrons. The van der Waals surface area contributed by atoms with E-state index in [0.29, 0.717) is 12.8 Å². The summed E-state index contributed by atoms with van der Waals surface area (Å²) in [6.45, 7) is 1.70. The van der Waals surface area contributed by atoms with Crippen LogP contribution in [0.2, 0.25) is 0 Å². The minimum atomic E-state index is -3.95. The number of piperidine rings is 1. The molecule has 0 spiro atoms. The van der Waals surface area contributed by atoms with Gasteiger partial charge in [0.1, 0.15) is 5.82 Å². The molecule has 1 saturated heterocycles. The van der Waals surface area contributed by atoms with Crippen molar-refractivity contribution in [2.45, 2.75) is 30.7 Å². The van der Waals surface area contributed by atoms with Crippen molar-refractivity contribution in [3.8, 4) is 0 Å². The molecule has 0 atom stereocenters. The second kappa shape index (κ2) is 5.66. The average molecular weight is 317 g/mol. The van der Waals surface area contributed by atoms with Crippen molar-refractivity contribution in [3.63, 3.8) is 0 Å². The van der Waals surface area contributed by atoms with E-state index in [4.69, 9.17) is 5.73 Å². The van der Waals surface area contributed by atoms with Gasteiger partial charge in [-0.2, -0.15) is 4.31 Å². The van der Waals surface area contributed by atoms with Gasteiger partial charge in [-0.3, -0.25) is 10.1 Å². The summed E-state index contributed by atoms with van der Waals surface area (Å²) in [6.07, 6.45) is 1.02. The zero-order valence-corrected chi connectivity index (χ0v) is 12.3. The predicted molar refractivity (Wildman–Crippen MR) is 73.8 cm³/mol. The van der Waals surface area contributed by atoms with Gasteiger partial charge in [-0.25, -0.2) is 12.8 Å². The number of hydrogen-bond donors (Lipinski definition) is 1. The van der Waals surface area contributed by atoms with Crippen molar-refractivity contribution in [2.75, 3.05) is 13.1 Å². The molecular formula is C12H16FN3O4S. The lowest BCUT2D eigenvalue weighted by molar-refractivity contribution is -0.385. The van der Waals surface area contributed by atoms with Crippen molar-refractivity contribution >= 4 is 15.7 Å². The van der Waals surface area contributed by atoms with Crippen LogP contribution in [0.1, 0.15) is 18.4 Å². The molecule has 0 aromatic heterocycles. The molecule has 1 aromatic carbocycles. The van der Waals surface area contributed by atoms with Crippen LogP contribution in [0, 0.1) is 22.9 Å². The smallest absolute Gasteiger partial charge is 0.276 e. The Morgan fingerprint density at radius 1 is 1.38 bits per heavy atom. The third-order valence-corrected chi connectivity index (χ3v) is 5.50. The van der Waals surface area contributed by atoms with E-state index in [1.165, 1.54) is 11.2 Å². The number of hydrogen-bond acceptors (Lipinski definition) is 5. The van der Waals surface area contributed by atoms with E-state index in [-0.39, 0.29) is 24.7 Å².